The van der Waals surface area contributed by atoms with E-state index < -0.39 is 22.3 Å². The summed E-state index contributed by atoms with van der Waals surface area (Å²) in [5.41, 5.74) is 3.08. The monoisotopic (exact) mass is 380 g/mol. The number of methoxy groups -OCH3 is 2. The minimum atomic E-state index is -0.723. The van der Waals surface area contributed by atoms with Gasteiger partial charge >= 0.3 is 11.7 Å². The van der Waals surface area contributed by atoms with Gasteiger partial charge in [0, 0.05) is 11.6 Å². The number of anilines is 1. The molecule has 11 heteroatoms. The number of nitro benzene ring substituents is 1. The Morgan fingerprint density at radius 1 is 1.50 bits per heavy atom. The molecule has 2 rings (SSSR count). The summed E-state index contributed by atoms with van der Waals surface area (Å²) in [6, 6.07) is 2.55. The molecule has 2 aromatic rings. The number of aromatic nitrogens is 1. The molecule has 0 aliphatic carbocycles. The number of carbonyl (C=O) groups is 1. The molecular weight excluding hydrogens is 364 g/mol. The summed E-state index contributed by atoms with van der Waals surface area (Å²) in [6.07, 6.45) is 1.85. The van der Waals surface area contributed by atoms with Gasteiger partial charge in [0.05, 0.1) is 31.1 Å². The predicted octanol–water partition coefficient (Wildman–Crippen LogP) is 2.56. The van der Waals surface area contributed by atoms with Gasteiger partial charge in [0.15, 0.2) is 5.75 Å². The van der Waals surface area contributed by atoms with Gasteiger partial charge in [0.2, 0.25) is 10.9 Å². The molecule has 0 saturated heterocycles. The van der Waals surface area contributed by atoms with Gasteiger partial charge in [-0.15, -0.1) is 0 Å². The summed E-state index contributed by atoms with van der Waals surface area (Å²) in [4.78, 5) is 26.6. The van der Waals surface area contributed by atoms with Crippen LogP contribution >= 0.6 is 11.3 Å². The number of nitrogens with zero attached hydrogens (tertiary/aromatic N) is 3. The first-order valence-electron chi connectivity index (χ1n) is 7.33. The van der Waals surface area contributed by atoms with Gasteiger partial charge in [-0.3, -0.25) is 15.5 Å². The Balaban J connectivity index is 2.23. The van der Waals surface area contributed by atoms with Crippen molar-refractivity contribution in [2.24, 2.45) is 5.10 Å². The number of aromatic hydroxyl groups is 1. The molecule has 1 aromatic carbocycles. The molecule has 138 valence electrons. The van der Waals surface area contributed by atoms with Crippen molar-refractivity contribution in [1.29, 1.82) is 0 Å². The minimum absolute atomic E-state index is 0.0452. The van der Waals surface area contributed by atoms with E-state index in [1.165, 1.54) is 26.5 Å². The number of hydrazone groups is 1. The van der Waals surface area contributed by atoms with Gasteiger partial charge in [-0.05, 0) is 12.5 Å². The van der Waals surface area contributed by atoms with Crippen molar-refractivity contribution >= 4 is 34.3 Å². The van der Waals surface area contributed by atoms with Gasteiger partial charge < -0.3 is 14.6 Å². The normalized spacial score (nSPS) is 10.7. The molecule has 1 heterocycles. The number of esters is 1. The second-order valence-electron chi connectivity index (χ2n) is 4.86. The topological polar surface area (TPSA) is 136 Å². The van der Waals surface area contributed by atoms with Crippen LogP contribution in [0.2, 0.25) is 0 Å². The van der Waals surface area contributed by atoms with E-state index in [4.69, 9.17) is 9.47 Å². The lowest BCUT2D eigenvalue weighted by atomic mass is 10.2. The summed E-state index contributed by atoms with van der Waals surface area (Å²) in [6.45, 7) is 1.86. The summed E-state index contributed by atoms with van der Waals surface area (Å²) >= 11 is 1.09. The summed E-state index contributed by atoms with van der Waals surface area (Å²) in [5, 5.41) is 25.1. The average molecular weight is 380 g/mol. The lowest BCUT2D eigenvalue weighted by molar-refractivity contribution is -0.386. The number of phenolic OH excluding ortho intramolecular Hbond substituents is 1. The van der Waals surface area contributed by atoms with Crippen molar-refractivity contribution in [2.75, 3.05) is 19.6 Å². The van der Waals surface area contributed by atoms with E-state index in [2.05, 4.69) is 15.5 Å². The smallest absolute Gasteiger partial charge is 0.350 e. The number of ether oxygens (including phenoxy) is 2. The highest BCUT2D eigenvalue weighted by atomic mass is 32.1. The molecule has 10 nitrogen and oxygen atoms in total. The number of benzene rings is 1. The molecule has 1 aromatic heterocycles. The Morgan fingerprint density at radius 3 is 2.81 bits per heavy atom. The molecular formula is C15H16N4O6S. The number of aryl methyl sites for hydroxylation is 1. The van der Waals surface area contributed by atoms with Crippen LogP contribution in [0.4, 0.5) is 10.8 Å². The molecule has 0 fully saturated rings. The molecule has 0 unspecified atom stereocenters. The lowest BCUT2D eigenvalue weighted by Crippen LogP contribution is -2.01. The number of phenols is 1. The Kier molecular flexibility index (Phi) is 6.07. The van der Waals surface area contributed by atoms with Crippen molar-refractivity contribution in [3.8, 4) is 11.5 Å². The molecule has 2 N–H and O–H groups in total. The highest BCUT2D eigenvalue weighted by Crippen LogP contribution is 2.36. The van der Waals surface area contributed by atoms with Crippen LogP contribution in [0, 0.1) is 10.1 Å². The highest BCUT2D eigenvalue weighted by molar-refractivity contribution is 7.17. The number of carbonyl (C=O) groups excluding carboxylic acids is 1. The van der Waals surface area contributed by atoms with E-state index in [1.54, 1.807) is 0 Å². The van der Waals surface area contributed by atoms with Crippen LogP contribution in [-0.2, 0) is 11.2 Å². The Hall–Kier alpha value is -3.21. The lowest BCUT2D eigenvalue weighted by Gasteiger charge is -2.04. The minimum Gasteiger partial charge on any atom is -0.500 e. The SMILES string of the molecule is CCc1nc(N/N=C\c2cc(OC)c(O)c([N+](=O)[O-])c2)sc1C(=O)OC. The molecule has 0 atom stereocenters. The third-order valence-corrected chi connectivity index (χ3v) is 4.25. The first-order valence-corrected chi connectivity index (χ1v) is 8.15. The van der Waals surface area contributed by atoms with Gasteiger partial charge in [-0.1, -0.05) is 18.3 Å². The first kappa shape index (κ1) is 19.1. The Morgan fingerprint density at radius 2 is 2.23 bits per heavy atom. The van der Waals surface area contributed by atoms with Crippen molar-refractivity contribution in [3.05, 3.63) is 38.4 Å². The Labute approximate surface area is 152 Å². The summed E-state index contributed by atoms with van der Waals surface area (Å²) in [5.74, 6) is -1.08. The number of nitrogens with one attached hydrogen (secondary N) is 1. The van der Waals surface area contributed by atoms with E-state index >= 15 is 0 Å². The third-order valence-electron chi connectivity index (χ3n) is 3.27. The van der Waals surface area contributed by atoms with Crippen molar-refractivity contribution in [2.45, 2.75) is 13.3 Å². The van der Waals surface area contributed by atoms with Gasteiger partial charge in [0.25, 0.3) is 0 Å². The molecule has 0 spiro atoms. The van der Waals surface area contributed by atoms with E-state index in [9.17, 15) is 20.0 Å². The number of rotatable bonds is 7. The van der Waals surface area contributed by atoms with Crippen LogP contribution in [-0.4, -0.2) is 41.4 Å². The summed E-state index contributed by atoms with van der Waals surface area (Å²) in [7, 11) is 2.58. The van der Waals surface area contributed by atoms with Crippen molar-refractivity contribution < 1.29 is 24.3 Å². The number of nitro groups is 1. The van der Waals surface area contributed by atoms with Crippen LogP contribution in [0.25, 0.3) is 0 Å². The van der Waals surface area contributed by atoms with Crippen LogP contribution < -0.4 is 10.2 Å². The maximum absolute atomic E-state index is 11.7. The largest absolute Gasteiger partial charge is 0.500 e. The molecule has 0 saturated carbocycles. The first-order chi connectivity index (χ1) is 12.4. The van der Waals surface area contributed by atoms with E-state index in [-0.39, 0.29) is 5.75 Å². The van der Waals surface area contributed by atoms with Crippen molar-refractivity contribution in [3.63, 3.8) is 0 Å². The molecule has 0 amide bonds. The van der Waals surface area contributed by atoms with Crippen LogP contribution in [0.3, 0.4) is 0 Å². The fourth-order valence-electron chi connectivity index (χ4n) is 2.04. The van der Waals surface area contributed by atoms with E-state index in [1.807, 2.05) is 6.92 Å². The van der Waals surface area contributed by atoms with Gasteiger partial charge in [-0.25, -0.2) is 9.78 Å². The average Bonchev–Trinajstić information content (AvgIpc) is 3.05. The molecule has 26 heavy (non-hydrogen) atoms. The van der Waals surface area contributed by atoms with Gasteiger partial charge in [0.1, 0.15) is 4.88 Å². The van der Waals surface area contributed by atoms with Crippen LogP contribution in [0.1, 0.15) is 27.9 Å². The molecule has 0 aliphatic rings. The number of thiazole rings is 1. The molecule has 0 aliphatic heterocycles. The number of hydrogen-bond acceptors (Lipinski definition) is 10. The zero-order valence-electron chi connectivity index (χ0n) is 14.2. The fraction of sp³-hybridized carbons (Fsp3) is 0.267. The van der Waals surface area contributed by atoms with Crippen LogP contribution in [0.5, 0.6) is 11.5 Å². The predicted molar refractivity (Wildman–Crippen MR) is 95.4 cm³/mol. The van der Waals surface area contributed by atoms with E-state index in [0.717, 1.165) is 17.4 Å². The second-order valence-corrected chi connectivity index (χ2v) is 5.86. The Bertz CT molecular complexity index is 864. The maximum atomic E-state index is 11.7. The fourth-order valence-corrected chi connectivity index (χ4v) is 2.96. The van der Waals surface area contributed by atoms with Crippen molar-refractivity contribution in [1.82, 2.24) is 4.98 Å². The zero-order valence-corrected chi connectivity index (χ0v) is 15.0. The molecule has 0 bridgehead atoms. The zero-order chi connectivity index (χ0) is 19.3. The maximum Gasteiger partial charge on any atom is 0.350 e. The summed E-state index contributed by atoms with van der Waals surface area (Å²) < 4.78 is 9.62. The molecule has 0 radical (unpaired) electrons. The second kappa shape index (κ2) is 8.25. The number of hydrogen-bond donors (Lipinski definition) is 2. The third kappa shape index (κ3) is 4.06. The highest BCUT2D eigenvalue weighted by Gasteiger charge is 2.19. The van der Waals surface area contributed by atoms with Crippen LogP contribution in [0.15, 0.2) is 17.2 Å². The standard InChI is InChI=1S/C15H16N4O6S/c1-4-9-13(14(21)25-3)26-15(17-9)18-16-7-8-5-10(19(22)23)12(20)11(6-8)24-2/h5-7,20H,4H2,1-3H3,(H,17,18)/b16-7-. The van der Waals surface area contributed by atoms with Gasteiger partial charge in [-0.2, -0.15) is 5.10 Å². The van der Waals surface area contributed by atoms with E-state index in [0.29, 0.717) is 27.7 Å². The quantitative estimate of drug-likeness (QED) is 0.324.